The zero-order valence-electron chi connectivity index (χ0n) is 10.8. The number of benzene rings is 1. The highest BCUT2D eigenvalue weighted by Crippen LogP contribution is 2.34. The molecule has 2 heteroatoms. The first-order valence-electron chi connectivity index (χ1n) is 6.19. The van der Waals surface area contributed by atoms with Crippen molar-refractivity contribution in [2.45, 2.75) is 25.7 Å². The molecule has 0 amide bonds. The van der Waals surface area contributed by atoms with E-state index in [2.05, 4.69) is 24.3 Å². The predicted octanol–water partition coefficient (Wildman–Crippen LogP) is 3.64. The van der Waals surface area contributed by atoms with Crippen molar-refractivity contribution in [3.63, 3.8) is 0 Å². The highest BCUT2D eigenvalue weighted by Gasteiger charge is 2.19. The molecular formula is C16H18O2. The van der Waals surface area contributed by atoms with E-state index in [1.54, 1.807) is 14.0 Å². The molecule has 0 saturated carbocycles. The molecule has 2 nitrogen and oxygen atoms in total. The Morgan fingerprint density at radius 2 is 2.28 bits per heavy atom. The summed E-state index contributed by atoms with van der Waals surface area (Å²) >= 11 is 0. The van der Waals surface area contributed by atoms with Gasteiger partial charge in [0.15, 0.2) is 0 Å². The number of methoxy groups -OCH3 is 1. The summed E-state index contributed by atoms with van der Waals surface area (Å²) in [7, 11) is 1.66. The molecule has 0 fully saturated rings. The molecule has 1 aromatic rings. The van der Waals surface area contributed by atoms with Crippen LogP contribution in [0.5, 0.6) is 5.75 Å². The first-order chi connectivity index (χ1) is 8.70. The van der Waals surface area contributed by atoms with Crippen LogP contribution in [-0.4, -0.2) is 12.9 Å². The van der Waals surface area contributed by atoms with Gasteiger partial charge in [0, 0.05) is 12.3 Å². The van der Waals surface area contributed by atoms with E-state index in [1.165, 1.54) is 5.57 Å². The molecule has 1 aromatic carbocycles. The number of allylic oxidation sites excluding steroid dienone is 4. The van der Waals surface area contributed by atoms with E-state index in [0.717, 1.165) is 17.7 Å². The van der Waals surface area contributed by atoms with Crippen LogP contribution in [0.25, 0.3) is 0 Å². The first kappa shape index (κ1) is 12.6. The maximum atomic E-state index is 11.5. The SMILES string of the molecule is COc1cccc(C(CC(C)=O)C2=CC=CC2)c1. The van der Waals surface area contributed by atoms with Gasteiger partial charge in [-0.05, 0) is 31.0 Å². The third kappa shape index (κ3) is 2.89. The monoisotopic (exact) mass is 242 g/mol. The summed E-state index contributed by atoms with van der Waals surface area (Å²) in [6.45, 7) is 1.65. The Morgan fingerprint density at radius 1 is 1.44 bits per heavy atom. The number of hydrogen-bond donors (Lipinski definition) is 0. The molecule has 94 valence electrons. The van der Waals surface area contributed by atoms with Crippen molar-refractivity contribution < 1.29 is 9.53 Å². The van der Waals surface area contributed by atoms with Crippen molar-refractivity contribution in [3.05, 3.63) is 53.6 Å². The average molecular weight is 242 g/mol. The Balaban J connectivity index is 2.29. The number of hydrogen-bond acceptors (Lipinski definition) is 2. The number of carbonyl (C=O) groups is 1. The van der Waals surface area contributed by atoms with Crippen molar-refractivity contribution in [1.82, 2.24) is 0 Å². The molecule has 1 atom stereocenters. The van der Waals surface area contributed by atoms with E-state index in [-0.39, 0.29) is 11.7 Å². The highest BCUT2D eigenvalue weighted by atomic mass is 16.5. The van der Waals surface area contributed by atoms with Crippen LogP contribution in [0.4, 0.5) is 0 Å². The van der Waals surface area contributed by atoms with Gasteiger partial charge in [-0.15, -0.1) is 0 Å². The van der Waals surface area contributed by atoms with Crippen LogP contribution in [0.15, 0.2) is 48.1 Å². The van der Waals surface area contributed by atoms with E-state index >= 15 is 0 Å². The minimum Gasteiger partial charge on any atom is -0.497 e. The number of carbonyl (C=O) groups excluding carboxylic acids is 1. The summed E-state index contributed by atoms with van der Waals surface area (Å²) in [6.07, 6.45) is 7.80. The van der Waals surface area contributed by atoms with Crippen molar-refractivity contribution in [2.75, 3.05) is 7.11 Å². The average Bonchev–Trinajstić information content (AvgIpc) is 2.89. The van der Waals surface area contributed by atoms with Crippen LogP contribution in [0.2, 0.25) is 0 Å². The Hall–Kier alpha value is -1.83. The van der Waals surface area contributed by atoms with Gasteiger partial charge in [0.2, 0.25) is 0 Å². The van der Waals surface area contributed by atoms with E-state index in [1.807, 2.05) is 18.2 Å². The van der Waals surface area contributed by atoms with Crippen LogP contribution in [0.1, 0.15) is 31.2 Å². The number of ether oxygens (including phenoxy) is 1. The molecule has 1 aliphatic carbocycles. The zero-order chi connectivity index (χ0) is 13.0. The van der Waals surface area contributed by atoms with Crippen LogP contribution >= 0.6 is 0 Å². The van der Waals surface area contributed by atoms with E-state index in [9.17, 15) is 4.79 Å². The second-order valence-corrected chi connectivity index (χ2v) is 4.61. The largest absolute Gasteiger partial charge is 0.497 e. The lowest BCUT2D eigenvalue weighted by atomic mass is 9.86. The van der Waals surface area contributed by atoms with Gasteiger partial charge in [0.05, 0.1) is 7.11 Å². The van der Waals surface area contributed by atoms with Crippen molar-refractivity contribution in [1.29, 1.82) is 0 Å². The molecular weight excluding hydrogens is 224 g/mol. The molecule has 1 aliphatic rings. The summed E-state index contributed by atoms with van der Waals surface area (Å²) in [5, 5.41) is 0. The third-order valence-electron chi connectivity index (χ3n) is 3.24. The summed E-state index contributed by atoms with van der Waals surface area (Å²) in [5.41, 5.74) is 2.46. The Kier molecular flexibility index (Phi) is 3.98. The molecule has 0 heterocycles. The van der Waals surface area contributed by atoms with Crippen molar-refractivity contribution in [3.8, 4) is 5.75 Å². The molecule has 0 saturated heterocycles. The summed E-state index contributed by atoms with van der Waals surface area (Å²) in [4.78, 5) is 11.5. The second kappa shape index (κ2) is 5.67. The summed E-state index contributed by atoms with van der Waals surface area (Å²) < 4.78 is 5.25. The highest BCUT2D eigenvalue weighted by molar-refractivity contribution is 5.77. The summed E-state index contributed by atoms with van der Waals surface area (Å²) in [5.74, 6) is 1.23. The van der Waals surface area contributed by atoms with Gasteiger partial charge in [0.25, 0.3) is 0 Å². The molecule has 0 aliphatic heterocycles. The third-order valence-corrected chi connectivity index (χ3v) is 3.24. The molecule has 0 spiro atoms. The number of rotatable bonds is 5. The smallest absolute Gasteiger partial charge is 0.130 e. The predicted molar refractivity (Wildman–Crippen MR) is 72.9 cm³/mol. The fourth-order valence-electron chi connectivity index (χ4n) is 2.33. The van der Waals surface area contributed by atoms with Crippen molar-refractivity contribution >= 4 is 5.78 Å². The summed E-state index contributed by atoms with van der Waals surface area (Å²) in [6, 6.07) is 7.99. The van der Waals surface area contributed by atoms with Gasteiger partial charge in [-0.1, -0.05) is 35.9 Å². The van der Waals surface area contributed by atoms with E-state index < -0.39 is 0 Å². The van der Waals surface area contributed by atoms with Crippen LogP contribution in [0.3, 0.4) is 0 Å². The van der Waals surface area contributed by atoms with Gasteiger partial charge in [0.1, 0.15) is 11.5 Å². The lowest BCUT2D eigenvalue weighted by Gasteiger charge is -2.18. The fourth-order valence-corrected chi connectivity index (χ4v) is 2.33. The Bertz CT molecular complexity index is 498. The van der Waals surface area contributed by atoms with Gasteiger partial charge in [-0.2, -0.15) is 0 Å². The van der Waals surface area contributed by atoms with Gasteiger partial charge < -0.3 is 4.74 Å². The first-order valence-corrected chi connectivity index (χ1v) is 6.19. The van der Waals surface area contributed by atoms with Gasteiger partial charge in [-0.3, -0.25) is 4.79 Å². The molecule has 0 bridgehead atoms. The van der Waals surface area contributed by atoms with E-state index in [0.29, 0.717) is 6.42 Å². The topological polar surface area (TPSA) is 26.3 Å². The zero-order valence-corrected chi connectivity index (χ0v) is 10.8. The number of Topliss-reactive ketones (excluding diaryl/α,β-unsaturated/α-hetero) is 1. The molecule has 0 radical (unpaired) electrons. The molecule has 2 rings (SSSR count). The van der Waals surface area contributed by atoms with Gasteiger partial charge in [-0.25, -0.2) is 0 Å². The van der Waals surface area contributed by atoms with Crippen molar-refractivity contribution in [2.24, 2.45) is 0 Å². The van der Waals surface area contributed by atoms with Gasteiger partial charge >= 0.3 is 0 Å². The molecule has 0 N–H and O–H groups in total. The second-order valence-electron chi connectivity index (χ2n) is 4.61. The fraction of sp³-hybridized carbons (Fsp3) is 0.312. The Morgan fingerprint density at radius 3 is 2.89 bits per heavy atom. The maximum Gasteiger partial charge on any atom is 0.130 e. The maximum absolute atomic E-state index is 11.5. The van der Waals surface area contributed by atoms with Crippen LogP contribution < -0.4 is 4.74 Å². The molecule has 0 aromatic heterocycles. The quantitative estimate of drug-likeness (QED) is 0.788. The lowest BCUT2D eigenvalue weighted by Crippen LogP contribution is -2.07. The van der Waals surface area contributed by atoms with Crippen LogP contribution in [0, 0.1) is 0 Å². The molecule has 18 heavy (non-hydrogen) atoms. The number of ketones is 1. The standard InChI is InChI=1S/C16H18O2/c1-12(17)10-16(13-6-3-4-7-13)14-8-5-9-15(11-14)18-2/h3-6,8-9,11,16H,7,10H2,1-2H3. The minimum absolute atomic E-state index is 0.174. The molecule has 1 unspecified atom stereocenters. The normalized spacial score (nSPS) is 15.3. The lowest BCUT2D eigenvalue weighted by molar-refractivity contribution is -0.117. The Labute approximate surface area is 108 Å². The van der Waals surface area contributed by atoms with Crippen LogP contribution in [-0.2, 0) is 4.79 Å². The minimum atomic E-state index is 0.174. The van der Waals surface area contributed by atoms with E-state index in [4.69, 9.17) is 4.74 Å².